The standard InChI is InChI=1S/C50H38BNO2/c1-48(2)49(3,4)54-51(53-48)45-28-26-32(30-52-45)47-39-20-7-5-18-37(39)46(38-19-6-8-21-40(38)47)31-25-27-36-35-17-11-14-24-43(35)50(44(36)29-31)41-22-12-9-15-33(41)34-16-10-13-23-42(34)50/h5-30H,1-4H3. The molecule has 7 aromatic carbocycles. The molecular weight excluding hydrogens is 657 g/mol. The molecule has 0 radical (unpaired) electrons. The van der Waals surface area contributed by atoms with Gasteiger partial charge >= 0.3 is 7.12 Å². The van der Waals surface area contributed by atoms with E-state index < -0.39 is 23.7 Å². The van der Waals surface area contributed by atoms with E-state index in [9.17, 15) is 0 Å². The van der Waals surface area contributed by atoms with Crippen molar-refractivity contribution in [2.24, 2.45) is 0 Å². The molecule has 0 atom stereocenters. The van der Waals surface area contributed by atoms with Gasteiger partial charge in [0.05, 0.1) is 22.2 Å². The van der Waals surface area contributed by atoms with E-state index >= 15 is 0 Å². The first-order chi connectivity index (χ1) is 26.3. The fourth-order valence-corrected chi connectivity index (χ4v) is 9.66. The van der Waals surface area contributed by atoms with Crippen LogP contribution in [0.1, 0.15) is 49.9 Å². The summed E-state index contributed by atoms with van der Waals surface area (Å²) in [6, 6.07) is 56.2. The Kier molecular flexibility index (Phi) is 6.52. The van der Waals surface area contributed by atoms with Gasteiger partial charge in [-0.1, -0.05) is 140 Å². The highest BCUT2D eigenvalue weighted by atomic mass is 16.7. The number of nitrogens with zero attached hydrogens (tertiary/aromatic N) is 1. The first-order valence-corrected chi connectivity index (χ1v) is 19.0. The highest BCUT2D eigenvalue weighted by molar-refractivity contribution is 6.61. The fraction of sp³-hybridized carbons (Fsp3) is 0.140. The van der Waals surface area contributed by atoms with Crippen LogP contribution in [0.2, 0.25) is 0 Å². The number of hydrogen-bond donors (Lipinski definition) is 0. The van der Waals surface area contributed by atoms with E-state index in [1.807, 2.05) is 6.20 Å². The summed E-state index contributed by atoms with van der Waals surface area (Å²) in [5.41, 5.74) is 14.9. The largest absolute Gasteiger partial charge is 0.514 e. The SMILES string of the molecule is CC1(C)OB(c2ccc(-c3c4ccccc4c(-c4ccc5c(c4)C4(c6ccccc6-c6ccccc64)c4ccccc4-5)c4ccccc34)cn2)OC1(C)C. The molecule has 0 N–H and O–H groups in total. The summed E-state index contributed by atoms with van der Waals surface area (Å²) < 4.78 is 12.7. The van der Waals surface area contributed by atoms with Crippen molar-refractivity contribution in [1.82, 2.24) is 4.98 Å². The maximum Gasteiger partial charge on any atom is 0.514 e. The minimum Gasteiger partial charge on any atom is -0.398 e. The highest BCUT2D eigenvalue weighted by Crippen LogP contribution is 2.63. The zero-order valence-corrected chi connectivity index (χ0v) is 30.9. The average molecular weight is 696 g/mol. The van der Waals surface area contributed by atoms with Gasteiger partial charge in [0.25, 0.3) is 0 Å². The fourth-order valence-electron chi connectivity index (χ4n) is 9.66. The molecule has 0 saturated carbocycles. The van der Waals surface area contributed by atoms with E-state index in [0.29, 0.717) is 0 Å². The third-order valence-electron chi connectivity index (χ3n) is 12.8. The summed E-state index contributed by atoms with van der Waals surface area (Å²) in [6.45, 7) is 8.30. The van der Waals surface area contributed by atoms with Gasteiger partial charge in [-0.25, -0.2) is 0 Å². The molecule has 0 amide bonds. The van der Waals surface area contributed by atoms with E-state index in [1.54, 1.807) is 0 Å². The summed E-state index contributed by atoms with van der Waals surface area (Å²) in [4.78, 5) is 4.95. The van der Waals surface area contributed by atoms with Gasteiger partial charge in [-0.15, -0.1) is 0 Å². The van der Waals surface area contributed by atoms with Crippen molar-refractivity contribution in [1.29, 1.82) is 0 Å². The Hall–Kier alpha value is -5.81. The van der Waals surface area contributed by atoms with E-state index in [1.165, 1.54) is 82.7 Å². The maximum absolute atomic E-state index is 6.34. The molecule has 8 aromatic rings. The third kappa shape index (κ3) is 4.13. The Bertz CT molecular complexity index is 2720. The summed E-state index contributed by atoms with van der Waals surface area (Å²) in [5, 5.41) is 4.84. The van der Waals surface area contributed by atoms with Gasteiger partial charge in [0.15, 0.2) is 0 Å². The Morgan fingerprint density at radius 1 is 0.426 bits per heavy atom. The number of hydrogen-bond acceptors (Lipinski definition) is 3. The minimum atomic E-state index is -0.507. The van der Waals surface area contributed by atoms with Crippen molar-refractivity contribution in [3.05, 3.63) is 180 Å². The van der Waals surface area contributed by atoms with Crippen LogP contribution in [0.4, 0.5) is 0 Å². The minimum absolute atomic E-state index is 0.398. The summed E-state index contributed by atoms with van der Waals surface area (Å²) >= 11 is 0. The van der Waals surface area contributed by atoms with E-state index in [-0.39, 0.29) is 0 Å². The predicted molar refractivity (Wildman–Crippen MR) is 222 cm³/mol. The van der Waals surface area contributed by atoms with Gasteiger partial charge in [0, 0.05) is 11.8 Å². The molecule has 3 nitrogen and oxygen atoms in total. The zero-order valence-electron chi connectivity index (χ0n) is 30.9. The Labute approximate surface area is 316 Å². The first kappa shape index (κ1) is 31.7. The van der Waals surface area contributed by atoms with E-state index in [2.05, 4.69) is 179 Å². The molecule has 1 aromatic heterocycles. The van der Waals surface area contributed by atoms with Crippen LogP contribution in [0.25, 0.3) is 66.1 Å². The van der Waals surface area contributed by atoms with E-state index in [0.717, 1.165) is 11.2 Å². The molecule has 2 heterocycles. The molecule has 1 spiro atoms. The second-order valence-electron chi connectivity index (χ2n) is 16.0. The van der Waals surface area contributed by atoms with Gasteiger partial charge in [-0.3, -0.25) is 4.98 Å². The van der Waals surface area contributed by atoms with Crippen LogP contribution in [-0.4, -0.2) is 23.3 Å². The second-order valence-corrected chi connectivity index (χ2v) is 16.0. The normalized spacial score (nSPS) is 16.8. The van der Waals surface area contributed by atoms with Crippen molar-refractivity contribution >= 4 is 34.3 Å². The van der Waals surface area contributed by atoms with Crippen molar-refractivity contribution in [3.8, 4) is 44.5 Å². The molecular formula is C50H38BNO2. The monoisotopic (exact) mass is 695 g/mol. The molecule has 0 bridgehead atoms. The lowest BCUT2D eigenvalue weighted by Crippen LogP contribution is -2.41. The lowest BCUT2D eigenvalue weighted by molar-refractivity contribution is 0.00578. The lowest BCUT2D eigenvalue weighted by Gasteiger charge is -2.32. The quantitative estimate of drug-likeness (QED) is 0.136. The molecule has 1 saturated heterocycles. The van der Waals surface area contributed by atoms with Crippen LogP contribution < -0.4 is 5.59 Å². The number of fused-ring (bicyclic) bond motifs is 12. The van der Waals surface area contributed by atoms with Crippen molar-refractivity contribution in [2.45, 2.75) is 44.3 Å². The number of benzene rings is 7. The van der Waals surface area contributed by atoms with Gasteiger partial charge in [0.1, 0.15) is 0 Å². The highest BCUT2D eigenvalue weighted by Gasteiger charge is 2.53. The molecule has 11 rings (SSSR count). The van der Waals surface area contributed by atoms with Crippen LogP contribution >= 0.6 is 0 Å². The Balaban J connectivity index is 1.13. The van der Waals surface area contributed by atoms with Crippen LogP contribution in [-0.2, 0) is 14.7 Å². The number of aromatic nitrogens is 1. The van der Waals surface area contributed by atoms with E-state index in [4.69, 9.17) is 14.3 Å². The van der Waals surface area contributed by atoms with Gasteiger partial charge in [-0.05, 0) is 123 Å². The third-order valence-corrected chi connectivity index (χ3v) is 12.8. The summed E-state index contributed by atoms with van der Waals surface area (Å²) in [5.74, 6) is 0. The first-order valence-electron chi connectivity index (χ1n) is 19.0. The molecule has 2 aliphatic carbocycles. The molecule has 1 fully saturated rings. The lowest BCUT2D eigenvalue weighted by atomic mass is 9.70. The molecule has 1 aliphatic heterocycles. The van der Waals surface area contributed by atoms with Crippen molar-refractivity contribution in [2.75, 3.05) is 0 Å². The molecule has 3 aliphatic rings. The zero-order chi connectivity index (χ0) is 36.4. The van der Waals surface area contributed by atoms with Crippen molar-refractivity contribution < 1.29 is 9.31 Å². The van der Waals surface area contributed by atoms with Gasteiger partial charge in [0.2, 0.25) is 0 Å². The Morgan fingerprint density at radius 2 is 0.833 bits per heavy atom. The molecule has 258 valence electrons. The predicted octanol–water partition coefficient (Wildman–Crippen LogP) is 11.4. The van der Waals surface area contributed by atoms with Crippen LogP contribution in [0.15, 0.2) is 158 Å². The van der Waals surface area contributed by atoms with Crippen molar-refractivity contribution in [3.63, 3.8) is 0 Å². The number of pyridine rings is 1. The van der Waals surface area contributed by atoms with Gasteiger partial charge in [-0.2, -0.15) is 0 Å². The smallest absolute Gasteiger partial charge is 0.398 e. The topological polar surface area (TPSA) is 31.4 Å². The van der Waals surface area contributed by atoms with Crippen LogP contribution in [0.5, 0.6) is 0 Å². The van der Waals surface area contributed by atoms with Gasteiger partial charge < -0.3 is 9.31 Å². The molecule has 54 heavy (non-hydrogen) atoms. The molecule has 4 heteroatoms. The number of rotatable bonds is 3. The second kappa shape index (κ2) is 11.1. The summed E-state index contributed by atoms with van der Waals surface area (Å²) in [6.07, 6.45) is 1.99. The average Bonchev–Trinajstić information content (AvgIpc) is 3.75. The maximum atomic E-state index is 6.34. The Morgan fingerprint density at radius 3 is 1.30 bits per heavy atom. The summed E-state index contributed by atoms with van der Waals surface area (Å²) in [7, 11) is -0.507. The van der Waals surface area contributed by atoms with Crippen LogP contribution in [0.3, 0.4) is 0 Å². The molecule has 0 unspecified atom stereocenters. The van der Waals surface area contributed by atoms with Crippen LogP contribution in [0, 0.1) is 0 Å².